The first-order valence-electron chi connectivity index (χ1n) is 8.19. The van der Waals surface area contributed by atoms with E-state index in [1.165, 1.54) is 33.5 Å². The van der Waals surface area contributed by atoms with Gasteiger partial charge < -0.3 is 14.7 Å². The van der Waals surface area contributed by atoms with Crippen LogP contribution in [0.1, 0.15) is 0 Å². The molecule has 3 aromatic rings. The van der Waals surface area contributed by atoms with Crippen molar-refractivity contribution in [1.29, 1.82) is 0 Å². The van der Waals surface area contributed by atoms with E-state index in [0.29, 0.717) is 0 Å². The minimum Gasteiger partial charge on any atom is -0.378 e. The first-order chi connectivity index (χ1) is 11.5. The first-order valence-corrected chi connectivity index (χ1v) is 8.19. The van der Waals surface area contributed by atoms with E-state index in [0.717, 1.165) is 0 Å². The molecular weight excluding hydrogens is 294 g/mol. The standard InChI is InChI=1S/C21H25N3/c1-22(2)16-10-12-17(13-11-16)24(5)21-15-14-20(23(3)4)18-8-6-7-9-19(18)21/h6-15H,1-5H3. The highest BCUT2D eigenvalue weighted by Crippen LogP contribution is 2.36. The smallest absolute Gasteiger partial charge is 0.0489 e. The van der Waals surface area contributed by atoms with Crippen LogP contribution in [0.5, 0.6) is 0 Å². The van der Waals surface area contributed by atoms with Gasteiger partial charge >= 0.3 is 0 Å². The number of rotatable bonds is 4. The summed E-state index contributed by atoms with van der Waals surface area (Å²) in [7, 11) is 10.4. The van der Waals surface area contributed by atoms with Crippen LogP contribution < -0.4 is 14.7 Å². The van der Waals surface area contributed by atoms with Gasteiger partial charge in [0.25, 0.3) is 0 Å². The number of hydrogen-bond donors (Lipinski definition) is 0. The molecule has 0 spiro atoms. The molecule has 0 aliphatic heterocycles. The second kappa shape index (κ2) is 6.44. The van der Waals surface area contributed by atoms with Gasteiger partial charge in [-0.05, 0) is 36.4 Å². The van der Waals surface area contributed by atoms with Crippen LogP contribution in [0.4, 0.5) is 22.7 Å². The minimum atomic E-state index is 1.18. The van der Waals surface area contributed by atoms with Crippen LogP contribution >= 0.6 is 0 Å². The molecule has 3 nitrogen and oxygen atoms in total. The van der Waals surface area contributed by atoms with Crippen LogP contribution in [0.2, 0.25) is 0 Å². The van der Waals surface area contributed by atoms with Gasteiger partial charge in [0.2, 0.25) is 0 Å². The Balaban J connectivity index is 2.07. The predicted octanol–water partition coefficient (Wildman–Crippen LogP) is 4.74. The molecule has 0 aromatic heterocycles. The first kappa shape index (κ1) is 16.2. The molecule has 0 saturated carbocycles. The zero-order valence-corrected chi connectivity index (χ0v) is 15.1. The lowest BCUT2D eigenvalue weighted by atomic mass is 10.0. The molecule has 0 N–H and O–H groups in total. The number of nitrogens with zero attached hydrogens (tertiary/aromatic N) is 3. The van der Waals surface area contributed by atoms with E-state index in [-0.39, 0.29) is 0 Å². The van der Waals surface area contributed by atoms with Crippen molar-refractivity contribution in [3.8, 4) is 0 Å². The van der Waals surface area contributed by atoms with Crippen LogP contribution in [0.25, 0.3) is 10.8 Å². The summed E-state index contributed by atoms with van der Waals surface area (Å²) in [6.07, 6.45) is 0. The summed E-state index contributed by atoms with van der Waals surface area (Å²) in [6, 6.07) is 21.6. The number of hydrogen-bond acceptors (Lipinski definition) is 3. The highest BCUT2D eigenvalue weighted by atomic mass is 15.1. The average Bonchev–Trinajstić information content (AvgIpc) is 2.60. The second-order valence-electron chi connectivity index (χ2n) is 6.51. The Bertz CT molecular complexity index is 835. The Kier molecular flexibility index (Phi) is 4.34. The average molecular weight is 319 g/mol. The molecule has 0 saturated heterocycles. The lowest BCUT2D eigenvalue weighted by Gasteiger charge is -2.24. The SMILES string of the molecule is CN(C)c1ccc(N(C)c2ccc(N(C)C)c3ccccc23)cc1. The fourth-order valence-corrected chi connectivity index (χ4v) is 3.06. The predicted molar refractivity (Wildman–Crippen MR) is 107 cm³/mol. The summed E-state index contributed by atoms with van der Waals surface area (Å²) in [6.45, 7) is 0. The maximum Gasteiger partial charge on any atom is 0.0489 e. The van der Waals surface area contributed by atoms with Crippen molar-refractivity contribution in [2.75, 3.05) is 49.9 Å². The van der Waals surface area contributed by atoms with Crippen molar-refractivity contribution in [2.45, 2.75) is 0 Å². The molecule has 3 heteroatoms. The fraction of sp³-hybridized carbons (Fsp3) is 0.238. The highest BCUT2D eigenvalue weighted by molar-refractivity contribution is 6.03. The largest absolute Gasteiger partial charge is 0.378 e. The van der Waals surface area contributed by atoms with Gasteiger partial charge in [0.05, 0.1) is 0 Å². The quantitative estimate of drug-likeness (QED) is 0.688. The lowest BCUT2D eigenvalue weighted by molar-refractivity contribution is 1.13. The van der Waals surface area contributed by atoms with E-state index in [2.05, 4.69) is 111 Å². The molecule has 0 radical (unpaired) electrons. The molecule has 0 aliphatic rings. The minimum absolute atomic E-state index is 1.18. The van der Waals surface area contributed by atoms with Crippen molar-refractivity contribution < 1.29 is 0 Å². The second-order valence-corrected chi connectivity index (χ2v) is 6.51. The normalized spacial score (nSPS) is 10.7. The molecule has 24 heavy (non-hydrogen) atoms. The summed E-state index contributed by atoms with van der Waals surface area (Å²) in [4.78, 5) is 6.53. The molecule has 3 aromatic carbocycles. The van der Waals surface area contributed by atoms with Gasteiger partial charge in [-0.15, -0.1) is 0 Å². The molecule has 0 heterocycles. The molecule has 0 bridgehead atoms. The Hall–Kier alpha value is -2.68. The van der Waals surface area contributed by atoms with Gasteiger partial charge in [-0.1, -0.05) is 24.3 Å². The van der Waals surface area contributed by atoms with E-state index in [9.17, 15) is 0 Å². The van der Waals surface area contributed by atoms with Crippen LogP contribution in [0, 0.1) is 0 Å². The van der Waals surface area contributed by atoms with Crippen molar-refractivity contribution in [3.05, 3.63) is 60.7 Å². The Morgan fingerprint density at radius 2 is 1.00 bits per heavy atom. The van der Waals surface area contributed by atoms with Gasteiger partial charge in [0.1, 0.15) is 0 Å². The van der Waals surface area contributed by atoms with Crippen molar-refractivity contribution in [2.24, 2.45) is 0 Å². The van der Waals surface area contributed by atoms with Crippen molar-refractivity contribution in [1.82, 2.24) is 0 Å². The zero-order chi connectivity index (χ0) is 17.3. The number of fused-ring (bicyclic) bond motifs is 1. The zero-order valence-electron chi connectivity index (χ0n) is 15.1. The third kappa shape index (κ3) is 2.90. The highest BCUT2D eigenvalue weighted by Gasteiger charge is 2.11. The topological polar surface area (TPSA) is 9.72 Å². The fourth-order valence-electron chi connectivity index (χ4n) is 3.06. The van der Waals surface area contributed by atoms with Crippen LogP contribution in [0.15, 0.2) is 60.7 Å². The van der Waals surface area contributed by atoms with Crippen LogP contribution in [0.3, 0.4) is 0 Å². The third-order valence-electron chi connectivity index (χ3n) is 4.47. The molecule has 0 amide bonds. The number of anilines is 4. The summed E-state index contributed by atoms with van der Waals surface area (Å²) in [5.74, 6) is 0. The van der Waals surface area contributed by atoms with Gasteiger partial charge in [-0.3, -0.25) is 0 Å². The van der Waals surface area contributed by atoms with Crippen LogP contribution in [-0.4, -0.2) is 35.2 Å². The third-order valence-corrected chi connectivity index (χ3v) is 4.47. The van der Waals surface area contributed by atoms with Gasteiger partial charge in [-0.2, -0.15) is 0 Å². The molecule has 0 unspecified atom stereocenters. The summed E-state index contributed by atoms with van der Waals surface area (Å²) >= 11 is 0. The van der Waals surface area contributed by atoms with Gasteiger partial charge in [0.15, 0.2) is 0 Å². The Morgan fingerprint density at radius 3 is 1.54 bits per heavy atom. The molecule has 0 fully saturated rings. The van der Waals surface area contributed by atoms with Crippen molar-refractivity contribution >= 4 is 33.5 Å². The maximum atomic E-state index is 2.25. The lowest BCUT2D eigenvalue weighted by Crippen LogP contribution is -2.13. The molecule has 0 aliphatic carbocycles. The molecule has 3 rings (SSSR count). The van der Waals surface area contributed by atoms with E-state index in [1.807, 2.05) is 0 Å². The number of benzene rings is 3. The Morgan fingerprint density at radius 1 is 0.500 bits per heavy atom. The molecular formula is C21H25N3. The van der Waals surface area contributed by atoms with Gasteiger partial charge in [0, 0.05) is 68.8 Å². The van der Waals surface area contributed by atoms with E-state index < -0.39 is 0 Å². The maximum absolute atomic E-state index is 2.25. The van der Waals surface area contributed by atoms with E-state index in [4.69, 9.17) is 0 Å². The summed E-state index contributed by atoms with van der Waals surface area (Å²) < 4.78 is 0. The van der Waals surface area contributed by atoms with Gasteiger partial charge in [-0.25, -0.2) is 0 Å². The molecule has 124 valence electrons. The summed E-state index contributed by atoms with van der Waals surface area (Å²) in [5.41, 5.74) is 4.85. The van der Waals surface area contributed by atoms with Crippen LogP contribution in [-0.2, 0) is 0 Å². The van der Waals surface area contributed by atoms with E-state index in [1.54, 1.807) is 0 Å². The molecule has 0 atom stereocenters. The monoisotopic (exact) mass is 319 g/mol. The van der Waals surface area contributed by atoms with E-state index >= 15 is 0 Å². The Labute approximate surface area is 144 Å². The summed E-state index contributed by atoms with van der Waals surface area (Å²) in [5, 5.41) is 2.54. The van der Waals surface area contributed by atoms with Crippen molar-refractivity contribution in [3.63, 3.8) is 0 Å².